The van der Waals surface area contributed by atoms with E-state index in [1.165, 1.54) is 5.56 Å². The van der Waals surface area contributed by atoms with Gasteiger partial charge < -0.3 is 20.3 Å². The van der Waals surface area contributed by atoms with Crippen molar-refractivity contribution in [1.82, 2.24) is 20.2 Å². The molecule has 4 heterocycles. The van der Waals surface area contributed by atoms with Crippen LogP contribution in [-0.2, 0) is 17.8 Å². The predicted molar refractivity (Wildman–Crippen MR) is 124 cm³/mol. The SMILES string of the molecule is CN(C)Cc1nc(Nc2ccc(-c3ccncc3)c3c2C(=O)NC3)ccc1[C@@H]1CCOC1. The van der Waals surface area contributed by atoms with Crippen molar-refractivity contribution in [2.75, 3.05) is 32.6 Å². The van der Waals surface area contributed by atoms with E-state index >= 15 is 0 Å². The van der Waals surface area contributed by atoms with Crippen LogP contribution in [0.15, 0.2) is 48.8 Å². The average molecular weight is 430 g/mol. The van der Waals surface area contributed by atoms with Gasteiger partial charge in [-0.15, -0.1) is 0 Å². The molecule has 0 spiro atoms. The van der Waals surface area contributed by atoms with Crippen molar-refractivity contribution in [1.29, 1.82) is 0 Å². The molecule has 0 aliphatic carbocycles. The van der Waals surface area contributed by atoms with Crippen LogP contribution in [0.1, 0.15) is 39.5 Å². The van der Waals surface area contributed by atoms with E-state index in [1.807, 2.05) is 38.4 Å². The number of nitrogens with zero attached hydrogens (tertiary/aromatic N) is 3. The fourth-order valence-corrected chi connectivity index (χ4v) is 4.55. The van der Waals surface area contributed by atoms with Crippen molar-refractivity contribution < 1.29 is 9.53 Å². The summed E-state index contributed by atoms with van der Waals surface area (Å²) in [5.74, 6) is 1.07. The van der Waals surface area contributed by atoms with Crippen molar-refractivity contribution in [3.8, 4) is 11.1 Å². The summed E-state index contributed by atoms with van der Waals surface area (Å²) in [6.45, 7) is 2.82. The Hall–Kier alpha value is -3.29. The van der Waals surface area contributed by atoms with Gasteiger partial charge in [0.15, 0.2) is 0 Å². The molecule has 2 aromatic heterocycles. The Morgan fingerprint density at radius 3 is 2.75 bits per heavy atom. The first-order chi connectivity index (χ1) is 15.6. The summed E-state index contributed by atoms with van der Waals surface area (Å²) in [6.07, 6.45) is 4.56. The maximum Gasteiger partial charge on any atom is 0.254 e. The number of carbonyl (C=O) groups is 1. The zero-order valence-electron chi connectivity index (χ0n) is 18.4. The third-order valence-corrected chi connectivity index (χ3v) is 6.06. The summed E-state index contributed by atoms with van der Waals surface area (Å²) in [7, 11) is 4.09. The summed E-state index contributed by atoms with van der Waals surface area (Å²) < 4.78 is 5.60. The molecule has 3 aromatic rings. The number of pyridine rings is 2. The highest BCUT2D eigenvalue weighted by Crippen LogP contribution is 2.35. The molecule has 0 saturated carbocycles. The number of benzene rings is 1. The van der Waals surface area contributed by atoms with Gasteiger partial charge in [0.05, 0.1) is 23.6 Å². The number of ether oxygens (including phenoxy) is 1. The van der Waals surface area contributed by atoms with Crippen LogP contribution in [0, 0.1) is 0 Å². The topological polar surface area (TPSA) is 79.4 Å². The molecule has 0 bridgehead atoms. The van der Waals surface area contributed by atoms with Crippen LogP contribution in [0.25, 0.3) is 11.1 Å². The second-order valence-electron chi connectivity index (χ2n) is 8.59. The Labute approximate surface area is 187 Å². The number of hydrogen-bond acceptors (Lipinski definition) is 6. The second-order valence-corrected chi connectivity index (χ2v) is 8.59. The Bertz CT molecular complexity index is 1140. The largest absolute Gasteiger partial charge is 0.381 e. The van der Waals surface area contributed by atoms with Gasteiger partial charge in [0.2, 0.25) is 0 Å². The van der Waals surface area contributed by atoms with Gasteiger partial charge in [-0.3, -0.25) is 9.78 Å². The van der Waals surface area contributed by atoms with Crippen LogP contribution >= 0.6 is 0 Å². The number of carbonyl (C=O) groups excluding carboxylic acids is 1. The summed E-state index contributed by atoms with van der Waals surface area (Å²) >= 11 is 0. The molecule has 2 N–H and O–H groups in total. The molecule has 2 aliphatic heterocycles. The highest BCUT2D eigenvalue weighted by Gasteiger charge is 2.27. The van der Waals surface area contributed by atoms with Crippen molar-refractivity contribution in [3.05, 3.63) is 71.2 Å². The lowest BCUT2D eigenvalue weighted by Gasteiger charge is -2.19. The highest BCUT2D eigenvalue weighted by molar-refractivity contribution is 6.06. The number of hydrogen-bond donors (Lipinski definition) is 2. The Balaban J connectivity index is 1.50. The zero-order valence-corrected chi connectivity index (χ0v) is 18.4. The number of rotatable bonds is 6. The zero-order chi connectivity index (χ0) is 22.1. The van der Waals surface area contributed by atoms with E-state index in [-0.39, 0.29) is 5.91 Å². The number of nitrogens with one attached hydrogen (secondary N) is 2. The van der Waals surface area contributed by atoms with Crippen LogP contribution < -0.4 is 10.6 Å². The number of anilines is 2. The smallest absolute Gasteiger partial charge is 0.254 e. The molecule has 1 saturated heterocycles. The normalized spacial score (nSPS) is 17.5. The van der Waals surface area contributed by atoms with Crippen LogP contribution in [0.4, 0.5) is 11.5 Å². The van der Waals surface area contributed by atoms with Crippen LogP contribution in [0.2, 0.25) is 0 Å². The van der Waals surface area contributed by atoms with Crippen molar-refractivity contribution in [3.63, 3.8) is 0 Å². The van der Waals surface area contributed by atoms with Gasteiger partial charge in [-0.25, -0.2) is 4.98 Å². The lowest BCUT2D eigenvalue weighted by atomic mass is 9.95. The fourth-order valence-electron chi connectivity index (χ4n) is 4.55. The lowest BCUT2D eigenvalue weighted by Crippen LogP contribution is -2.16. The van der Waals surface area contributed by atoms with Crippen molar-refractivity contribution in [2.45, 2.75) is 25.4 Å². The van der Waals surface area contributed by atoms with Crippen molar-refractivity contribution in [2.24, 2.45) is 0 Å². The van der Waals surface area contributed by atoms with Gasteiger partial charge in [0.1, 0.15) is 5.82 Å². The maximum atomic E-state index is 12.7. The second kappa shape index (κ2) is 8.68. The quantitative estimate of drug-likeness (QED) is 0.622. The molecule has 2 aliphatic rings. The van der Waals surface area contributed by atoms with Gasteiger partial charge in [-0.2, -0.15) is 0 Å². The molecule has 32 heavy (non-hydrogen) atoms. The molecular weight excluding hydrogens is 402 g/mol. The maximum absolute atomic E-state index is 12.7. The molecule has 0 radical (unpaired) electrons. The summed E-state index contributed by atoms with van der Waals surface area (Å²) in [4.78, 5) is 23.9. The minimum absolute atomic E-state index is 0.0633. The first-order valence-electron chi connectivity index (χ1n) is 10.9. The summed E-state index contributed by atoms with van der Waals surface area (Å²) in [5.41, 5.74) is 6.84. The number of aromatic nitrogens is 2. The molecule has 1 aromatic carbocycles. The monoisotopic (exact) mass is 429 g/mol. The molecule has 0 unspecified atom stereocenters. The Kier molecular flexibility index (Phi) is 5.59. The first-order valence-corrected chi connectivity index (χ1v) is 10.9. The standard InChI is InChI=1S/C25H27N5O2/c1-30(2)14-22-19(17-9-12-32-15-17)4-6-23(29-22)28-21-5-3-18(16-7-10-26-11-8-16)20-13-27-25(31)24(20)21/h3-8,10-11,17H,9,12-15H2,1-2H3,(H,27,31)(H,28,29)/t17-/m1/s1. The van der Waals surface area contributed by atoms with E-state index in [0.717, 1.165) is 60.1 Å². The van der Waals surface area contributed by atoms with Crippen LogP contribution in [-0.4, -0.2) is 48.1 Å². The number of fused-ring (bicyclic) bond motifs is 1. The first kappa shape index (κ1) is 20.6. The average Bonchev–Trinajstić information content (AvgIpc) is 3.45. The van der Waals surface area contributed by atoms with Crippen LogP contribution in [0.5, 0.6) is 0 Å². The van der Waals surface area contributed by atoms with Crippen molar-refractivity contribution >= 4 is 17.4 Å². The molecule has 164 valence electrons. The minimum atomic E-state index is -0.0633. The molecule has 5 rings (SSSR count). The summed E-state index contributed by atoms with van der Waals surface area (Å²) in [5, 5.41) is 6.38. The molecular formula is C25H27N5O2. The Morgan fingerprint density at radius 2 is 2.00 bits per heavy atom. The van der Waals surface area contributed by atoms with E-state index in [2.05, 4.69) is 32.7 Å². The van der Waals surface area contributed by atoms with Gasteiger partial charge in [-0.1, -0.05) is 12.1 Å². The van der Waals surface area contributed by atoms with E-state index in [1.54, 1.807) is 12.4 Å². The molecule has 1 amide bonds. The van der Waals surface area contributed by atoms with E-state index in [4.69, 9.17) is 9.72 Å². The molecule has 7 nitrogen and oxygen atoms in total. The highest BCUT2D eigenvalue weighted by atomic mass is 16.5. The lowest BCUT2D eigenvalue weighted by molar-refractivity contribution is 0.0966. The van der Waals surface area contributed by atoms with E-state index in [9.17, 15) is 4.79 Å². The van der Waals surface area contributed by atoms with Gasteiger partial charge in [0, 0.05) is 38.0 Å². The molecule has 1 fully saturated rings. The third-order valence-electron chi connectivity index (χ3n) is 6.06. The van der Waals surface area contributed by atoms with Gasteiger partial charge in [0.25, 0.3) is 5.91 Å². The van der Waals surface area contributed by atoms with Gasteiger partial charge >= 0.3 is 0 Å². The van der Waals surface area contributed by atoms with Gasteiger partial charge in [-0.05, 0) is 67.0 Å². The fraction of sp³-hybridized carbons (Fsp3) is 0.320. The van der Waals surface area contributed by atoms with E-state index in [0.29, 0.717) is 18.0 Å². The molecule has 7 heteroatoms. The Morgan fingerprint density at radius 1 is 1.16 bits per heavy atom. The minimum Gasteiger partial charge on any atom is -0.381 e. The third kappa shape index (κ3) is 3.97. The number of amides is 1. The van der Waals surface area contributed by atoms with Crippen LogP contribution in [0.3, 0.4) is 0 Å². The molecule has 1 atom stereocenters. The van der Waals surface area contributed by atoms with E-state index < -0.39 is 0 Å². The predicted octanol–water partition coefficient (Wildman–Crippen LogP) is 3.70. The summed E-state index contributed by atoms with van der Waals surface area (Å²) in [6, 6.07) is 12.1.